The van der Waals surface area contributed by atoms with Crippen LogP contribution in [0.3, 0.4) is 0 Å². The summed E-state index contributed by atoms with van der Waals surface area (Å²) < 4.78 is 12.4. The third kappa shape index (κ3) is 6.25. The van der Waals surface area contributed by atoms with E-state index >= 15 is 0 Å². The highest BCUT2D eigenvalue weighted by atomic mass is 32.2. The predicted molar refractivity (Wildman–Crippen MR) is 148 cm³/mol. The van der Waals surface area contributed by atoms with Crippen LogP contribution >= 0.6 is 24.0 Å². The number of rotatable bonds is 10. The van der Waals surface area contributed by atoms with Crippen molar-refractivity contribution in [3.05, 3.63) is 31.9 Å². The van der Waals surface area contributed by atoms with E-state index in [1.807, 2.05) is 6.92 Å². The van der Waals surface area contributed by atoms with Crippen LogP contribution in [0.1, 0.15) is 56.2 Å². The van der Waals surface area contributed by atoms with Crippen LogP contribution in [0.25, 0.3) is 6.08 Å². The van der Waals surface area contributed by atoms with Gasteiger partial charge in [-0.2, -0.15) is 5.26 Å². The number of amides is 1. The van der Waals surface area contributed by atoms with Crippen molar-refractivity contribution in [1.29, 1.82) is 5.26 Å². The van der Waals surface area contributed by atoms with Gasteiger partial charge in [0.05, 0.1) is 30.6 Å². The zero-order valence-electron chi connectivity index (χ0n) is 21.9. The van der Waals surface area contributed by atoms with Gasteiger partial charge in [-0.1, -0.05) is 37.3 Å². The fourth-order valence-corrected chi connectivity index (χ4v) is 5.89. The van der Waals surface area contributed by atoms with Crippen LogP contribution in [0.2, 0.25) is 0 Å². The van der Waals surface area contributed by atoms with Gasteiger partial charge in [0.1, 0.15) is 21.8 Å². The van der Waals surface area contributed by atoms with Gasteiger partial charge in [0.25, 0.3) is 11.5 Å². The summed E-state index contributed by atoms with van der Waals surface area (Å²) in [6.07, 6.45) is 4.59. The van der Waals surface area contributed by atoms with Crippen molar-refractivity contribution in [3.8, 4) is 6.07 Å². The van der Waals surface area contributed by atoms with E-state index in [0.717, 1.165) is 12.8 Å². The van der Waals surface area contributed by atoms with Crippen LogP contribution < -0.4 is 10.5 Å². The largest absolute Gasteiger partial charge is 0.466 e. The molecule has 0 aromatic carbocycles. The number of unbranched alkanes of at least 4 members (excludes halogenated alkanes) is 1. The van der Waals surface area contributed by atoms with Crippen LogP contribution in [0.4, 0.5) is 5.82 Å². The Hall–Kier alpha value is -2.68. The zero-order valence-corrected chi connectivity index (χ0v) is 23.5. The molecule has 0 saturated carbocycles. The molecule has 9 nitrogen and oxygen atoms in total. The molecule has 2 saturated heterocycles. The Labute approximate surface area is 227 Å². The molecular formula is C26H34N4O5S2. The molecule has 200 valence electrons. The molecule has 2 fully saturated rings. The number of nitrogens with zero attached hydrogens (tertiary/aromatic N) is 4. The molecule has 0 spiro atoms. The summed E-state index contributed by atoms with van der Waals surface area (Å²) in [5, 5.41) is 9.85. The molecule has 2 aliphatic rings. The van der Waals surface area contributed by atoms with Gasteiger partial charge in [-0.15, -0.1) is 0 Å². The molecule has 1 aromatic rings. The molecule has 0 bridgehead atoms. The first-order valence-corrected chi connectivity index (χ1v) is 13.8. The summed E-state index contributed by atoms with van der Waals surface area (Å²) in [5.41, 5.74) is 0.933. The second-order valence-corrected chi connectivity index (χ2v) is 10.7. The molecule has 0 radical (unpaired) electrons. The number of methoxy groups -OCH3 is 1. The molecule has 0 N–H and O–H groups in total. The van der Waals surface area contributed by atoms with Crippen LogP contribution in [0.5, 0.6) is 0 Å². The Morgan fingerprint density at radius 2 is 1.95 bits per heavy atom. The number of ether oxygens (including phenoxy) is 2. The summed E-state index contributed by atoms with van der Waals surface area (Å²) >= 11 is 6.64. The van der Waals surface area contributed by atoms with Gasteiger partial charge in [0.2, 0.25) is 0 Å². The van der Waals surface area contributed by atoms with E-state index in [4.69, 9.17) is 21.7 Å². The molecule has 3 rings (SSSR count). The van der Waals surface area contributed by atoms with Crippen LogP contribution in [-0.4, -0.2) is 65.6 Å². The van der Waals surface area contributed by atoms with Crippen molar-refractivity contribution in [2.45, 2.75) is 53.0 Å². The topological polar surface area (TPSA) is 105 Å². The lowest BCUT2D eigenvalue weighted by molar-refractivity contribution is -0.148. The third-order valence-electron chi connectivity index (χ3n) is 6.66. The maximum atomic E-state index is 13.4. The van der Waals surface area contributed by atoms with E-state index in [-0.39, 0.29) is 28.9 Å². The molecule has 0 unspecified atom stereocenters. The lowest BCUT2D eigenvalue weighted by atomic mass is 9.95. The number of piperidine rings is 1. The number of thiocarbonyl (C=S) groups is 1. The van der Waals surface area contributed by atoms with Gasteiger partial charge in [-0.3, -0.25) is 23.9 Å². The highest BCUT2D eigenvalue weighted by Gasteiger charge is 2.34. The minimum absolute atomic E-state index is 0.0716. The van der Waals surface area contributed by atoms with E-state index in [2.05, 4.69) is 11.0 Å². The predicted octanol–water partition coefficient (Wildman–Crippen LogP) is 3.46. The van der Waals surface area contributed by atoms with E-state index < -0.39 is 0 Å². The molecule has 11 heteroatoms. The number of thioether (sulfide) groups is 1. The number of esters is 1. The Kier molecular flexibility index (Phi) is 10.3. The second-order valence-electron chi connectivity index (χ2n) is 9.00. The number of carbonyl (C=O) groups is 2. The van der Waals surface area contributed by atoms with E-state index in [1.165, 1.54) is 16.7 Å². The lowest BCUT2D eigenvalue weighted by Crippen LogP contribution is -2.41. The maximum Gasteiger partial charge on any atom is 0.309 e. The minimum atomic E-state index is -0.333. The fraction of sp³-hybridized carbons (Fsp3) is 0.577. The first kappa shape index (κ1) is 28.9. The minimum Gasteiger partial charge on any atom is -0.466 e. The average Bonchev–Trinajstić information content (AvgIpc) is 3.15. The normalized spacial score (nSPS) is 17.5. The highest BCUT2D eigenvalue weighted by Crippen LogP contribution is 2.36. The van der Waals surface area contributed by atoms with Crippen molar-refractivity contribution < 1.29 is 19.1 Å². The van der Waals surface area contributed by atoms with E-state index in [1.54, 1.807) is 31.6 Å². The van der Waals surface area contributed by atoms with Crippen molar-refractivity contribution in [2.75, 3.05) is 44.9 Å². The Balaban J connectivity index is 2.11. The molecule has 37 heavy (non-hydrogen) atoms. The molecule has 2 aliphatic heterocycles. The number of carbonyl (C=O) groups excluding carboxylic acids is 2. The first-order chi connectivity index (χ1) is 17.8. The van der Waals surface area contributed by atoms with Crippen LogP contribution in [0.15, 0.2) is 9.70 Å². The smallest absolute Gasteiger partial charge is 0.309 e. The zero-order chi connectivity index (χ0) is 27.1. The number of hydrogen-bond donors (Lipinski definition) is 0. The molecule has 1 aromatic heterocycles. The van der Waals surface area contributed by atoms with E-state index in [0.29, 0.717) is 78.4 Å². The monoisotopic (exact) mass is 546 g/mol. The number of hydrogen-bond acceptors (Lipinski definition) is 9. The highest BCUT2D eigenvalue weighted by molar-refractivity contribution is 8.26. The molecule has 0 atom stereocenters. The van der Waals surface area contributed by atoms with E-state index in [9.17, 15) is 19.6 Å². The number of anilines is 1. The van der Waals surface area contributed by atoms with Crippen molar-refractivity contribution in [1.82, 2.24) is 9.47 Å². The fourth-order valence-electron chi connectivity index (χ4n) is 4.60. The summed E-state index contributed by atoms with van der Waals surface area (Å²) in [6.45, 7) is 8.20. The maximum absolute atomic E-state index is 13.4. The summed E-state index contributed by atoms with van der Waals surface area (Å²) in [5.74, 6) is 0.0797. The Bertz CT molecular complexity index is 1180. The van der Waals surface area contributed by atoms with Crippen molar-refractivity contribution in [2.24, 2.45) is 5.92 Å². The van der Waals surface area contributed by atoms with Gasteiger partial charge < -0.3 is 14.4 Å². The molecule has 0 aliphatic carbocycles. The van der Waals surface area contributed by atoms with Crippen molar-refractivity contribution in [3.63, 3.8) is 0 Å². The molecular weight excluding hydrogens is 512 g/mol. The van der Waals surface area contributed by atoms with Gasteiger partial charge in [-0.25, -0.2) is 0 Å². The van der Waals surface area contributed by atoms with Gasteiger partial charge in [0, 0.05) is 32.3 Å². The SMILES string of the molecule is CCCCn1c(N2CCC(C(=O)OCC)CC2)c(C=C2SC(=S)N(CCOC)C2=O)c(C)c(C#N)c1=O. The quantitative estimate of drug-likeness (QED) is 0.248. The summed E-state index contributed by atoms with van der Waals surface area (Å²) in [6, 6.07) is 2.08. The number of aromatic nitrogens is 1. The first-order valence-electron chi connectivity index (χ1n) is 12.6. The van der Waals surface area contributed by atoms with Gasteiger partial charge in [-0.05, 0) is 44.7 Å². The van der Waals surface area contributed by atoms with Crippen LogP contribution in [-0.2, 0) is 25.6 Å². The van der Waals surface area contributed by atoms with Crippen LogP contribution in [0, 0.1) is 24.2 Å². The number of nitriles is 1. The number of pyridine rings is 1. The second kappa shape index (κ2) is 13.2. The third-order valence-corrected chi connectivity index (χ3v) is 8.04. The Morgan fingerprint density at radius 1 is 1.24 bits per heavy atom. The Morgan fingerprint density at radius 3 is 2.54 bits per heavy atom. The van der Waals surface area contributed by atoms with Crippen molar-refractivity contribution >= 4 is 52.1 Å². The summed E-state index contributed by atoms with van der Waals surface area (Å²) in [4.78, 5) is 43.0. The molecule has 1 amide bonds. The lowest BCUT2D eigenvalue weighted by Gasteiger charge is -2.35. The van der Waals surface area contributed by atoms with Gasteiger partial charge in [0.15, 0.2) is 0 Å². The summed E-state index contributed by atoms with van der Waals surface area (Å²) in [7, 11) is 1.57. The average molecular weight is 547 g/mol. The van der Waals surface area contributed by atoms with Gasteiger partial charge >= 0.3 is 5.97 Å². The molecule has 3 heterocycles. The standard InChI is InChI=1S/C26H34N4O5S2/c1-5-7-10-29-22(28-11-8-18(9-12-28)25(33)35-6-2)19(17(3)20(16-27)23(29)31)15-21-24(32)30(13-14-34-4)26(36)37-21/h15,18H,5-14H2,1-4H3.